The smallest absolute Gasteiger partial charge is 0.239 e. The van der Waals surface area contributed by atoms with Crippen molar-refractivity contribution in [1.29, 1.82) is 0 Å². The topological polar surface area (TPSA) is 63.1 Å². The van der Waals surface area contributed by atoms with Gasteiger partial charge in [0.05, 0.1) is 11.3 Å². The number of ketones is 1. The number of hydrazine groups is 1. The lowest BCUT2D eigenvalue weighted by Crippen LogP contribution is -2.35. The highest BCUT2D eigenvalue weighted by molar-refractivity contribution is 6.11. The zero-order valence-corrected chi connectivity index (χ0v) is 17.6. The molecule has 5 rings (SSSR count). The van der Waals surface area contributed by atoms with Crippen molar-refractivity contribution < 1.29 is 18.0 Å². The van der Waals surface area contributed by atoms with Gasteiger partial charge in [0, 0.05) is 24.7 Å². The number of para-hydroxylation sites is 1. The molecule has 1 fully saturated rings. The van der Waals surface area contributed by atoms with E-state index in [0.717, 1.165) is 55.1 Å². The minimum atomic E-state index is -0.876. The first-order valence-corrected chi connectivity index (χ1v) is 10.7. The number of piperidine rings is 1. The summed E-state index contributed by atoms with van der Waals surface area (Å²) < 4.78 is 45.1. The van der Waals surface area contributed by atoms with Crippen LogP contribution in [0.3, 0.4) is 0 Å². The van der Waals surface area contributed by atoms with Crippen LogP contribution in [-0.2, 0) is 0 Å². The van der Waals surface area contributed by atoms with Gasteiger partial charge in [-0.3, -0.25) is 14.8 Å². The van der Waals surface area contributed by atoms with Gasteiger partial charge in [-0.05, 0) is 43.2 Å². The fourth-order valence-electron chi connectivity index (χ4n) is 4.07. The number of nitrogens with zero attached hydrogens (tertiary/aromatic N) is 4. The monoisotopic (exact) mass is 451 g/mol. The van der Waals surface area contributed by atoms with Crippen molar-refractivity contribution in [2.45, 2.75) is 19.3 Å². The molecule has 0 saturated carbocycles. The van der Waals surface area contributed by atoms with E-state index >= 15 is 0 Å². The maximum absolute atomic E-state index is 14.8. The van der Waals surface area contributed by atoms with Crippen molar-refractivity contribution in [2.75, 3.05) is 18.5 Å². The Kier molecular flexibility index (Phi) is 5.55. The maximum Gasteiger partial charge on any atom is 0.239 e. The molecule has 4 aromatic rings. The molecule has 168 valence electrons. The zero-order chi connectivity index (χ0) is 22.9. The third-order valence-corrected chi connectivity index (χ3v) is 5.67. The molecule has 1 saturated heterocycles. The number of hydrogen-bond donors (Lipinski definition) is 1. The van der Waals surface area contributed by atoms with Crippen molar-refractivity contribution in [2.24, 2.45) is 0 Å². The summed E-state index contributed by atoms with van der Waals surface area (Å²) in [5, 5.41) is 2.37. The number of carbonyl (C=O) groups is 1. The molecule has 0 bridgehead atoms. The number of hydrogen-bond acceptors (Lipinski definition) is 5. The van der Waals surface area contributed by atoms with Crippen LogP contribution >= 0.6 is 0 Å². The number of benzene rings is 2. The summed E-state index contributed by atoms with van der Waals surface area (Å²) in [4.78, 5) is 22.0. The predicted molar refractivity (Wildman–Crippen MR) is 118 cm³/mol. The molecular formula is C24H20F3N5O. The summed E-state index contributed by atoms with van der Waals surface area (Å²) >= 11 is 0. The van der Waals surface area contributed by atoms with Crippen LogP contribution in [0.5, 0.6) is 0 Å². The Morgan fingerprint density at radius 1 is 0.909 bits per heavy atom. The molecule has 1 aliphatic rings. The van der Waals surface area contributed by atoms with Crippen LogP contribution in [-0.4, -0.2) is 38.4 Å². The fraction of sp³-hybridized carbons (Fsp3) is 0.208. The van der Waals surface area contributed by atoms with E-state index in [-0.39, 0.29) is 22.9 Å². The standard InChI is InChI=1S/C24H20F3N5O/c25-17-8-3-2-7-16(17)22(33)20-13-15-14-28-24(30-31-11-4-1-5-12-31)29-23(15)32(20)21-18(26)9-6-10-19(21)27/h2-3,6-10,13-14H,1,4-5,11-12H2,(H,28,29,30). The molecule has 1 aliphatic heterocycles. The Labute approximate surface area is 187 Å². The largest absolute Gasteiger partial charge is 0.287 e. The predicted octanol–water partition coefficient (Wildman–Crippen LogP) is 4.88. The average molecular weight is 451 g/mol. The average Bonchev–Trinajstić information content (AvgIpc) is 3.18. The van der Waals surface area contributed by atoms with E-state index in [4.69, 9.17) is 0 Å². The first-order valence-electron chi connectivity index (χ1n) is 10.7. The summed E-state index contributed by atoms with van der Waals surface area (Å²) in [5.41, 5.74) is 2.46. The molecule has 0 atom stereocenters. The molecule has 33 heavy (non-hydrogen) atoms. The van der Waals surface area contributed by atoms with Crippen LogP contribution in [0.2, 0.25) is 0 Å². The molecule has 6 nitrogen and oxygen atoms in total. The Morgan fingerprint density at radius 3 is 2.33 bits per heavy atom. The quantitative estimate of drug-likeness (QED) is 0.438. The van der Waals surface area contributed by atoms with Gasteiger partial charge in [0.25, 0.3) is 0 Å². The van der Waals surface area contributed by atoms with Gasteiger partial charge in [0.1, 0.15) is 23.1 Å². The first-order chi connectivity index (χ1) is 16.0. The molecule has 2 aromatic carbocycles. The Balaban J connectivity index is 1.69. The molecule has 0 unspecified atom stereocenters. The van der Waals surface area contributed by atoms with Crippen molar-refractivity contribution >= 4 is 22.8 Å². The molecule has 1 N–H and O–H groups in total. The minimum absolute atomic E-state index is 0.122. The Morgan fingerprint density at radius 2 is 1.61 bits per heavy atom. The van der Waals surface area contributed by atoms with Crippen molar-refractivity contribution in [3.63, 3.8) is 0 Å². The van der Waals surface area contributed by atoms with Gasteiger partial charge in [-0.25, -0.2) is 23.2 Å². The number of anilines is 1. The summed E-state index contributed by atoms with van der Waals surface area (Å²) in [7, 11) is 0. The molecule has 0 radical (unpaired) electrons. The summed E-state index contributed by atoms with van der Waals surface area (Å²) in [5.74, 6) is -2.96. The lowest BCUT2D eigenvalue weighted by molar-refractivity contribution is 0.102. The van der Waals surface area contributed by atoms with E-state index in [1.165, 1.54) is 36.5 Å². The highest BCUT2D eigenvalue weighted by Gasteiger charge is 2.25. The van der Waals surface area contributed by atoms with E-state index < -0.39 is 28.9 Å². The van der Waals surface area contributed by atoms with E-state index in [1.807, 2.05) is 5.01 Å². The molecule has 9 heteroatoms. The summed E-state index contributed by atoms with van der Waals surface area (Å²) in [6, 6.07) is 10.3. The van der Waals surface area contributed by atoms with Crippen LogP contribution in [0.25, 0.3) is 16.7 Å². The molecular weight excluding hydrogens is 431 g/mol. The van der Waals surface area contributed by atoms with Crippen LogP contribution < -0.4 is 5.43 Å². The van der Waals surface area contributed by atoms with E-state index in [0.29, 0.717) is 5.39 Å². The second kappa shape index (κ2) is 8.67. The second-order valence-electron chi connectivity index (χ2n) is 7.88. The number of fused-ring (bicyclic) bond motifs is 1. The van der Waals surface area contributed by atoms with E-state index in [2.05, 4.69) is 15.4 Å². The fourth-order valence-corrected chi connectivity index (χ4v) is 4.07. The van der Waals surface area contributed by atoms with Crippen molar-refractivity contribution in [3.8, 4) is 5.69 Å². The third kappa shape index (κ3) is 3.95. The van der Waals surface area contributed by atoms with Gasteiger partial charge >= 0.3 is 0 Å². The van der Waals surface area contributed by atoms with Crippen LogP contribution in [0.4, 0.5) is 19.1 Å². The van der Waals surface area contributed by atoms with Crippen LogP contribution in [0.15, 0.2) is 54.7 Å². The van der Waals surface area contributed by atoms with Gasteiger partial charge < -0.3 is 0 Å². The first kappa shape index (κ1) is 21.1. The van der Waals surface area contributed by atoms with Gasteiger partial charge in [0.2, 0.25) is 11.7 Å². The summed E-state index contributed by atoms with van der Waals surface area (Å²) in [6.07, 6.45) is 4.69. The molecule has 2 aromatic heterocycles. The number of halogens is 3. The molecule has 0 aliphatic carbocycles. The Bertz CT molecular complexity index is 1330. The number of aromatic nitrogens is 3. The summed E-state index contributed by atoms with van der Waals surface area (Å²) in [6.45, 7) is 1.64. The van der Waals surface area contributed by atoms with Crippen LogP contribution in [0, 0.1) is 17.5 Å². The Hall–Kier alpha value is -3.72. The van der Waals surface area contributed by atoms with Crippen molar-refractivity contribution in [3.05, 3.63) is 83.4 Å². The lowest BCUT2D eigenvalue weighted by Gasteiger charge is -2.26. The van der Waals surface area contributed by atoms with Gasteiger partial charge in [-0.1, -0.05) is 24.6 Å². The molecule has 0 amide bonds. The van der Waals surface area contributed by atoms with Gasteiger partial charge in [-0.2, -0.15) is 4.98 Å². The highest BCUT2D eigenvalue weighted by atomic mass is 19.1. The van der Waals surface area contributed by atoms with E-state index in [1.54, 1.807) is 0 Å². The maximum atomic E-state index is 14.8. The normalized spacial score (nSPS) is 14.5. The molecule has 3 heterocycles. The van der Waals surface area contributed by atoms with Crippen LogP contribution in [0.1, 0.15) is 35.3 Å². The van der Waals surface area contributed by atoms with E-state index in [9.17, 15) is 18.0 Å². The zero-order valence-electron chi connectivity index (χ0n) is 17.6. The third-order valence-electron chi connectivity index (χ3n) is 5.67. The molecule has 0 spiro atoms. The van der Waals surface area contributed by atoms with Gasteiger partial charge in [-0.15, -0.1) is 0 Å². The second-order valence-corrected chi connectivity index (χ2v) is 7.88. The number of nitrogens with one attached hydrogen (secondary N) is 1. The lowest BCUT2D eigenvalue weighted by atomic mass is 10.1. The number of rotatable bonds is 5. The minimum Gasteiger partial charge on any atom is -0.287 e. The number of carbonyl (C=O) groups excluding carboxylic acids is 1. The van der Waals surface area contributed by atoms with Gasteiger partial charge in [0.15, 0.2) is 5.65 Å². The highest BCUT2D eigenvalue weighted by Crippen LogP contribution is 2.29. The van der Waals surface area contributed by atoms with Crippen molar-refractivity contribution in [1.82, 2.24) is 19.5 Å². The SMILES string of the molecule is O=C(c1ccccc1F)c1cc2cnc(NN3CCCCC3)nc2n1-c1c(F)cccc1F.